The zero-order chi connectivity index (χ0) is 32.7. The van der Waals surface area contributed by atoms with Gasteiger partial charge in [-0.05, 0) is 84.5 Å². The van der Waals surface area contributed by atoms with Gasteiger partial charge in [-0.1, -0.05) is 162 Å². The molecule has 2 aromatic rings. The highest BCUT2D eigenvalue weighted by molar-refractivity contribution is 5.41. The molecule has 2 aromatic carbocycles. The first-order valence-electron chi connectivity index (χ1n) is 18.9. The minimum Gasteiger partial charge on any atom is -0.385 e. The predicted octanol–water partition coefficient (Wildman–Crippen LogP) is 10.9. The maximum Gasteiger partial charge on any atom is 0.109 e. The van der Waals surface area contributed by atoms with Gasteiger partial charge in [0.2, 0.25) is 0 Å². The molecular formula is C44H58O3. The summed E-state index contributed by atoms with van der Waals surface area (Å²) in [6, 6.07) is 21.0. The van der Waals surface area contributed by atoms with Crippen LogP contribution in [0.1, 0.15) is 127 Å². The Hall–Kier alpha value is -2.72. The topological polar surface area (TPSA) is 49.7 Å². The molecule has 6 rings (SSSR count). The lowest BCUT2D eigenvalue weighted by molar-refractivity contribution is -0.00126. The Kier molecular flexibility index (Phi) is 11.4. The van der Waals surface area contributed by atoms with Crippen molar-refractivity contribution in [3.63, 3.8) is 0 Å². The fourth-order valence-corrected chi connectivity index (χ4v) is 9.12. The molecule has 4 unspecified atom stereocenters. The molecule has 4 atom stereocenters. The molecular weight excluding hydrogens is 576 g/mol. The summed E-state index contributed by atoms with van der Waals surface area (Å²) in [4.78, 5) is 0. The first-order chi connectivity index (χ1) is 22.9. The second-order valence-corrected chi connectivity index (χ2v) is 15.2. The standard InChI is InChI=1S/C44H58O3/c1-3-11-33-17-21-39(22-18-33)43(45)29-25-37(26-30-43)41(35-13-7-5-8-14-35)47-42(36-15-9-6-10-16-36)38-27-31-44(46,32-28-38)40-23-19-34(12-4-2)20-24-40/h5-10,13-16,25-29,31,33-34,39-42,45-46H,3-4,11-12,17-24,30,32H2,1-2H3. The lowest BCUT2D eigenvalue weighted by atomic mass is 9.69. The highest BCUT2D eigenvalue weighted by atomic mass is 16.5. The summed E-state index contributed by atoms with van der Waals surface area (Å²) in [6.45, 7) is 4.56. The molecule has 0 radical (unpaired) electrons. The Morgan fingerprint density at radius 1 is 0.596 bits per heavy atom. The Bertz CT molecular complexity index is 1280. The average molecular weight is 635 g/mol. The summed E-state index contributed by atoms with van der Waals surface area (Å²) in [5, 5.41) is 23.7. The maximum absolute atomic E-state index is 11.8. The molecule has 2 fully saturated rings. The van der Waals surface area contributed by atoms with Gasteiger partial charge < -0.3 is 14.9 Å². The Labute approximate surface area is 284 Å². The average Bonchev–Trinajstić information content (AvgIpc) is 3.12. The van der Waals surface area contributed by atoms with Crippen molar-refractivity contribution in [3.05, 3.63) is 119 Å². The van der Waals surface area contributed by atoms with Crippen molar-refractivity contribution < 1.29 is 14.9 Å². The summed E-state index contributed by atoms with van der Waals surface area (Å²) < 4.78 is 7.21. The molecule has 3 nitrogen and oxygen atoms in total. The zero-order valence-electron chi connectivity index (χ0n) is 28.9. The molecule has 2 N–H and O–H groups in total. The molecule has 0 spiro atoms. The van der Waals surface area contributed by atoms with Gasteiger partial charge in [0, 0.05) is 0 Å². The van der Waals surface area contributed by atoms with Crippen molar-refractivity contribution in [3.8, 4) is 0 Å². The number of benzene rings is 2. The summed E-state index contributed by atoms with van der Waals surface area (Å²) in [5.74, 6) is 2.28. The number of hydrogen-bond acceptors (Lipinski definition) is 3. The van der Waals surface area contributed by atoms with E-state index in [-0.39, 0.29) is 12.2 Å². The number of hydrogen-bond donors (Lipinski definition) is 2. The molecule has 4 aliphatic rings. The van der Waals surface area contributed by atoms with E-state index < -0.39 is 11.2 Å². The second-order valence-electron chi connectivity index (χ2n) is 15.2. The van der Waals surface area contributed by atoms with Crippen LogP contribution in [0.25, 0.3) is 0 Å². The van der Waals surface area contributed by atoms with Crippen LogP contribution in [0.2, 0.25) is 0 Å². The van der Waals surface area contributed by atoms with E-state index in [1.54, 1.807) is 0 Å². The van der Waals surface area contributed by atoms with Crippen molar-refractivity contribution in [1.82, 2.24) is 0 Å². The van der Waals surface area contributed by atoms with Crippen LogP contribution < -0.4 is 0 Å². The van der Waals surface area contributed by atoms with Crippen molar-refractivity contribution in [2.24, 2.45) is 23.7 Å². The van der Waals surface area contributed by atoms with Gasteiger partial charge in [0.15, 0.2) is 0 Å². The largest absolute Gasteiger partial charge is 0.385 e. The quantitative estimate of drug-likeness (QED) is 0.244. The molecule has 2 saturated carbocycles. The number of aliphatic hydroxyl groups is 2. The van der Waals surface area contributed by atoms with Crippen LogP contribution in [0.5, 0.6) is 0 Å². The van der Waals surface area contributed by atoms with Crippen LogP contribution >= 0.6 is 0 Å². The zero-order valence-corrected chi connectivity index (χ0v) is 28.9. The second kappa shape index (κ2) is 15.7. The van der Waals surface area contributed by atoms with E-state index in [0.717, 1.165) is 59.8 Å². The summed E-state index contributed by atoms with van der Waals surface area (Å²) in [6.07, 6.45) is 28.1. The van der Waals surface area contributed by atoms with Gasteiger partial charge in [0.25, 0.3) is 0 Å². The van der Waals surface area contributed by atoms with Crippen molar-refractivity contribution in [2.45, 2.75) is 127 Å². The third-order valence-electron chi connectivity index (χ3n) is 12.0. The van der Waals surface area contributed by atoms with Crippen LogP contribution in [-0.2, 0) is 4.74 Å². The van der Waals surface area contributed by atoms with E-state index in [1.807, 2.05) is 0 Å². The normalized spacial score (nSPS) is 32.3. The predicted molar refractivity (Wildman–Crippen MR) is 194 cm³/mol. The van der Waals surface area contributed by atoms with Crippen LogP contribution in [0.3, 0.4) is 0 Å². The van der Waals surface area contributed by atoms with Gasteiger partial charge >= 0.3 is 0 Å². The van der Waals surface area contributed by atoms with Gasteiger partial charge in [0.05, 0.1) is 11.2 Å². The molecule has 0 aliphatic heterocycles. The van der Waals surface area contributed by atoms with E-state index >= 15 is 0 Å². The van der Waals surface area contributed by atoms with Gasteiger partial charge in [-0.2, -0.15) is 0 Å². The molecule has 0 aromatic heterocycles. The van der Waals surface area contributed by atoms with E-state index in [9.17, 15) is 10.2 Å². The first-order valence-corrected chi connectivity index (χ1v) is 18.9. The fraction of sp³-hybridized carbons (Fsp3) is 0.545. The minimum atomic E-state index is -0.782. The van der Waals surface area contributed by atoms with E-state index in [1.165, 1.54) is 51.4 Å². The third-order valence-corrected chi connectivity index (χ3v) is 12.0. The Balaban J connectivity index is 1.21. The Morgan fingerprint density at radius 2 is 0.979 bits per heavy atom. The maximum atomic E-state index is 11.8. The smallest absolute Gasteiger partial charge is 0.109 e. The van der Waals surface area contributed by atoms with E-state index in [2.05, 4.69) is 111 Å². The molecule has 0 bridgehead atoms. The molecule has 0 heterocycles. The molecule has 47 heavy (non-hydrogen) atoms. The highest BCUT2D eigenvalue weighted by Gasteiger charge is 2.40. The van der Waals surface area contributed by atoms with Crippen LogP contribution in [0.4, 0.5) is 0 Å². The molecule has 3 heteroatoms. The van der Waals surface area contributed by atoms with Crippen molar-refractivity contribution in [1.29, 1.82) is 0 Å². The monoisotopic (exact) mass is 634 g/mol. The van der Waals surface area contributed by atoms with Crippen LogP contribution in [-0.4, -0.2) is 21.4 Å². The van der Waals surface area contributed by atoms with E-state index in [4.69, 9.17) is 4.74 Å². The number of ether oxygens (including phenoxy) is 1. The SMILES string of the molecule is CCCC1CCC(C2(O)C=CC(C(OC(C3=CCC(O)(C4CCC(CCC)CC4)C=C3)c3ccccc3)c3ccccc3)=CC2)CC1. The molecule has 4 aliphatic carbocycles. The highest BCUT2D eigenvalue weighted by Crippen LogP contribution is 2.46. The lowest BCUT2D eigenvalue weighted by Crippen LogP contribution is -2.39. The van der Waals surface area contributed by atoms with Crippen LogP contribution in [0.15, 0.2) is 108 Å². The van der Waals surface area contributed by atoms with Gasteiger partial charge in [0.1, 0.15) is 12.2 Å². The van der Waals surface area contributed by atoms with Crippen molar-refractivity contribution >= 4 is 0 Å². The fourth-order valence-electron chi connectivity index (χ4n) is 9.12. The third kappa shape index (κ3) is 8.12. The van der Waals surface area contributed by atoms with Crippen LogP contribution in [0, 0.1) is 23.7 Å². The summed E-state index contributed by atoms with van der Waals surface area (Å²) in [7, 11) is 0. The van der Waals surface area contributed by atoms with Crippen molar-refractivity contribution in [2.75, 3.05) is 0 Å². The summed E-state index contributed by atoms with van der Waals surface area (Å²) >= 11 is 0. The Morgan fingerprint density at radius 3 is 1.30 bits per heavy atom. The van der Waals surface area contributed by atoms with Gasteiger partial charge in [-0.25, -0.2) is 0 Å². The minimum absolute atomic E-state index is 0.286. The van der Waals surface area contributed by atoms with Gasteiger partial charge in [-0.3, -0.25) is 0 Å². The number of rotatable bonds is 12. The molecule has 0 saturated heterocycles. The molecule has 252 valence electrons. The summed E-state index contributed by atoms with van der Waals surface area (Å²) in [5.41, 5.74) is 2.85. The first kappa shape index (κ1) is 34.2. The van der Waals surface area contributed by atoms with E-state index in [0.29, 0.717) is 24.7 Å². The lowest BCUT2D eigenvalue weighted by Gasteiger charge is -2.41. The van der Waals surface area contributed by atoms with Gasteiger partial charge in [-0.15, -0.1) is 0 Å². The molecule has 0 amide bonds.